The number of hydrogen-bond acceptors (Lipinski definition) is 4. The first kappa shape index (κ1) is 17.1. The molecule has 0 spiro atoms. The molecule has 0 saturated heterocycles. The van der Waals surface area contributed by atoms with Crippen LogP contribution in [0.2, 0.25) is 0 Å². The normalized spacial score (nSPS) is 11.7. The Kier molecular flexibility index (Phi) is 5.83. The van der Waals surface area contributed by atoms with Gasteiger partial charge in [-0.2, -0.15) is 0 Å². The van der Waals surface area contributed by atoms with Gasteiger partial charge in [0.05, 0.1) is 5.52 Å². The molecule has 1 unspecified atom stereocenters. The number of aryl methyl sites for hydroxylation is 1. The van der Waals surface area contributed by atoms with Crippen LogP contribution in [0.3, 0.4) is 0 Å². The molecule has 0 radical (unpaired) electrons. The Bertz CT molecular complexity index is 758. The SMILES string of the molecule is C#Cc1cnc2c(C)cc(OC(SC)C(=O)NCCF)cc2c1. The number of aromatic nitrogens is 1. The third-order valence-corrected chi connectivity index (χ3v) is 3.92. The number of fused-ring (bicyclic) bond motifs is 1. The molecule has 0 saturated carbocycles. The molecule has 0 fully saturated rings. The monoisotopic (exact) mass is 332 g/mol. The summed E-state index contributed by atoms with van der Waals surface area (Å²) in [6.07, 6.45) is 8.80. The molecule has 1 aromatic heterocycles. The Balaban J connectivity index is 2.28. The van der Waals surface area contributed by atoms with E-state index in [4.69, 9.17) is 11.2 Å². The van der Waals surface area contributed by atoms with Crippen LogP contribution >= 0.6 is 11.8 Å². The fraction of sp³-hybridized carbons (Fsp3) is 0.294. The van der Waals surface area contributed by atoms with Crippen LogP contribution < -0.4 is 10.1 Å². The van der Waals surface area contributed by atoms with Crippen LogP contribution in [0.15, 0.2) is 24.4 Å². The van der Waals surface area contributed by atoms with Crippen molar-refractivity contribution in [2.75, 3.05) is 19.5 Å². The number of rotatable bonds is 6. The lowest BCUT2D eigenvalue weighted by atomic mass is 10.1. The van der Waals surface area contributed by atoms with Gasteiger partial charge in [-0.15, -0.1) is 18.2 Å². The number of nitrogens with zero attached hydrogens (tertiary/aromatic N) is 1. The largest absolute Gasteiger partial charge is 0.470 e. The van der Waals surface area contributed by atoms with Gasteiger partial charge in [0.2, 0.25) is 5.44 Å². The van der Waals surface area contributed by atoms with Crippen LogP contribution in [-0.2, 0) is 4.79 Å². The average Bonchev–Trinajstić information content (AvgIpc) is 2.56. The van der Waals surface area contributed by atoms with E-state index in [0.717, 1.165) is 16.5 Å². The predicted octanol–water partition coefficient (Wildman–Crippen LogP) is 2.68. The Hall–Kier alpha value is -2.26. The van der Waals surface area contributed by atoms with Gasteiger partial charge in [0.1, 0.15) is 12.4 Å². The zero-order valence-corrected chi connectivity index (χ0v) is 13.7. The van der Waals surface area contributed by atoms with E-state index in [2.05, 4.69) is 16.2 Å². The highest BCUT2D eigenvalue weighted by molar-refractivity contribution is 7.99. The minimum absolute atomic E-state index is 0.0224. The molecule has 0 aliphatic carbocycles. The Morgan fingerprint density at radius 1 is 1.52 bits per heavy atom. The lowest BCUT2D eigenvalue weighted by Gasteiger charge is -2.17. The van der Waals surface area contributed by atoms with Gasteiger partial charge < -0.3 is 10.1 Å². The van der Waals surface area contributed by atoms with Crippen molar-refractivity contribution in [1.82, 2.24) is 10.3 Å². The van der Waals surface area contributed by atoms with Crippen LogP contribution in [0, 0.1) is 19.3 Å². The third kappa shape index (κ3) is 4.14. The van der Waals surface area contributed by atoms with Gasteiger partial charge in [-0.3, -0.25) is 9.78 Å². The van der Waals surface area contributed by atoms with Crippen molar-refractivity contribution < 1.29 is 13.9 Å². The predicted molar refractivity (Wildman–Crippen MR) is 91.3 cm³/mol. The summed E-state index contributed by atoms with van der Waals surface area (Å²) in [6.45, 7) is 1.28. The molecule has 4 nitrogen and oxygen atoms in total. The molecule has 120 valence electrons. The molecule has 1 heterocycles. The van der Waals surface area contributed by atoms with E-state index < -0.39 is 12.1 Å². The average molecular weight is 332 g/mol. The zero-order chi connectivity index (χ0) is 16.8. The van der Waals surface area contributed by atoms with Gasteiger partial charge in [0.25, 0.3) is 5.91 Å². The maximum absolute atomic E-state index is 12.2. The van der Waals surface area contributed by atoms with E-state index in [1.165, 1.54) is 11.8 Å². The molecule has 1 aromatic carbocycles. The lowest BCUT2D eigenvalue weighted by Crippen LogP contribution is -2.37. The molecule has 1 N–H and O–H groups in total. The molecule has 1 amide bonds. The summed E-state index contributed by atoms with van der Waals surface area (Å²) in [5.41, 5.74) is 1.68. The van der Waals surface area contributed by atoms with Crippen LogP contribution in [0.1, 0.15) is 11.1 Å². The van der Waals surface area contributed by atoms with Crippen molar-refractivity contribution in [3.63, 3.8) is 0 Å². The number of thioether (sulfide) groups is 1. The summed E-state index contributed by atoms with van der Waals surface area (Å²) < 4.78 is 17.9. The number of carbonyl (C=O) groups excluding carboxylic acids is 1. The molecule has 23 heavy (non-hydrogen) atoms. The van der Waals surface area contributed by atoms with Gasteiger partial charge in [-0.05, 0) is 36.9 Å². The van der Waals surface area contributed by atoms with Gasteiger partial charge in [-0.25, -0.2) is 4.39 Å². The number of benzene rings is 1. The number of hydrogen-bond donors (Lipinski definition) is 1. The van der Waals surface area contributed by atoms with Crippen LogP contribution in [0.25, 0.3) is 10.9 Å². The molecular formula is C17H17FN2O2S. The summed E-state index contributed by atoms with van der Waals surface area (Å²) in [5.74, 6) is 2.73. The van der Waals surface area contributed by atoms with Crippen LogP contribution in [0.4, 0.5) is 4.39 Å². The summed E-state index contributed by atoms with van der Waals surface area (Å²) in [5, 5.41) is 3.32. The summed E-state index contributed by atoms with van der Waals surface area (Å²) in [6, 6.07) is 5.46. The topological polar surface area (TPSA) is 51.2 Å². The molecule has 0 bridgehead atoms. The van der Waals surface area contributed by atoms with Gasteiger partial charge in [-0.1, -0.05) is 5.92 Å². The molecule has 0 aliphatic heterocycles. The smallest absolute Gasteiger partial charge is 0.271 e. The first-order valence-corrected chi connectivity index (χ1v) is 8.28. The zero-order valence-electron chi connectivity index (χ0n) is 12.9. The highest BCUT2D eigenvalue weighted by atomic mass is 32.2. The maximum Gasteiger partial charge on any atom is 0.271 e. The van der Waals surface area contributed by atoms with Crippen molar-refractivity contribution in [2.24, 2.45) is 0 Å². The number of ether oxygens (including phenoxy) is 1. The highest BCUT2D eigenvalue weighted by Crippen LogP contribution is 2.26. The standard InChI is InChI=1S/C17H17FN2O2S/c1-4-12-8-13-9-14(7-11(2)15(13)20-10-12)22-17(23-3)16(21)19-6-5-18/h1,7-10,17H,5-6H2,2-3H3,(H,19,21). The van der Waals surface area contributed by atoms with E-state index in [1.807, 2.05) is 19.1 Å². The van der Waals surface area contributed by atoms with Crippen molar-refractivity contribution in [1.29, 1.82) is 0 Å². The van der Waals surface area contributed by atoms with E-state index in [0.29, 0.717) is 11.3 Å². The Morgan fingerprint density at radius 2 is 2.30 bits per heavy atom. The number of carbonyl (C=O) groups is 1. The summed E-state index contributed by atoms with van der Waals surface area (Å²) in [7, 11) is 0. The number of terminal acetylenes is 1. The second kappa shape index (κ2) is 7.84. The minimum Gasteiger partial charge on any atom is -0.470 e. The van der Waals surface area contributed by atoms with E-state index in [1.54, 1.807) is 18.5 Å². The maximum atomic E-state index is 12.2. The first-order chi connectivity index (χ1) is 11.1. The van der Waals surface area contributed by atoms with Gasteiger partial charge in [0.15, 0.2) is 0 Å². The fourth-order valence-electron chi connectivity index (χ4n) is 2.13. The van der Waals surface area contributed by atoms with Gasteiger partial charge >= 0.3 is 0 Å². The molecule has 6 heteroatoms. The second-order valence-electron chi connectivity index (χ2n) is 4.85. The fourth-order valence-corrected chi connectivity index (χ4v) is 2.64. The molecule has 1 atom stereocenters. The van der Waals surface area contributed by atoms with Crippen molar-refractivity contribution >= 4 is 28.6 Å². The Morgan fingerprint density at radius 3 is 2.96 bits per heavy atom. The lowest BCUT2D eigenvalue weighted by molar-refractivity contribution is -0.124. The number of pyridine rings is 1. The third-order valence-electron chi connectivity index (χ3n) is 3.18. The van der Waals surface area contributed by atoms with E-state index in [9.17, 15) is 9.18 Å². The van der Waals surface area contributed by atoms with Crippen molar-refractivity contribution in [3.05, 3.63) is 35.5 Å². The quantitative estimate of drug-likeness (QED) is 0.653. The van der Waals surface area contributed by atoms with Crippen molar-refractivity contribution in [2.45, 2.75) is 12.4 Å². The highest BCUT2D eigenvalue weighted by Gasteiger charge is 2.19. The Labute approximate surface area is 138 Å². The number of nitrogens with one attached hydrogen (secondary N) is 1. The summed E-state index contributed by atoms with van der Waals surface area (Å²) in [4.78, 5) is 16.3. The number of amides is 1. The summed E-state index contributed by atoms with van der Waals surface area (Å²) >= 11 is 1.24. The number of alkyl halides is 1. The molecule has 2 rings (SSSR count). The van der Waals surface area contributed by atoms with Gasteiger partial charge in [0, 0.05) is 23.7 Å². The first-order valence-electron chi connectivity index (χ1n) is 6.99. The van der Waals surface area contributed by atoms with E-state index in [-0.39, 0.29) is 12.5 Å². The van der Waals surface area contributed by atoms with E-state index >= 15 is 0 Å². The van der Waals surface area contributed by atoms with Crippen molar-refractivity contribution in [3.8, 4) is 18.1 Å². The minimum atomic E-state index is -0.748. The second-order valence-corrected chi connectivity index (χ2v) is 5.75. The molecule has 0 aliphatic rings. The molecule has 2 aromatic rings. The van der Waals surface area contributed by atoms with Crippen LogP contribution in [-0.4, -0.2) is 35.8 Å². The molecular weight excluding hydrogens is 315 g/mol. The van der Waals surface area contributed by atoms with Crippen LogP contribution in [0.5, 0.6) is 5.75 Å². The number of halogens is 1.